The van der Waals surface area contributed by atoms with E-state index in [4.69, 9.17) is 5.73 Å². The SMILES string of the molecule is NCCNc1cnc2ccc(C(=O)c3c(F)c(F)cc(CCCN[SH](=O)=O)c3F)cc2n1. The second kappa shape index (κ2) is 10.5. The highest BCUT2D eigenvalue weighted by atomic mass is 32.2. The Kier molecular flexibility index (Phi) is 7.72. The second-order valence-corrected chi connectivity index (χ2v) is 7.62. The number of nitrogens with one attached hydrogen (secondary N) is 2. The Hall–Kier alpha value is -3.09. The molecule has 0 unspecified atom stereocenters. The van der Waals surface area contributed by atoms with E-state index in [0.29, 0.717) is 36.0 Å². The summed E-state index contributed by atoms with van der Waals surface area (Å²) in [6.45, 7) is 0.802. The number of nitrogens with two attached hydrogens (primary N) is 1. The molecule has 0 bridgehead atoms. The number of hydrogen-bond donors (Lipinski definition) is 4. The molecular formula is C20H20F3N5O3S. The lowest BCUT2D eigenvalue weighted by Crippen LogP contribution is -2.15. The van der Waals surface area contributed by atoms with Crippen LogP contribution in [-0.2, 0) is 17.3 Å². The first-order valence-electron chi connectivity index (χ1n) is 9.61. The predicted molar refractivity (Wildman–Crippen MR) is 113 cm³/mol. The van der Waals surface area contributed by atoms with Gasteiger partial charge in [-0.1, -0.05) is 0 Å². The van der Waals surface area contributed by atoms with Crippen molar-refractivity contribution < 1.29 is 26.4 Å². The third-order valence-corrected chi connectivity index (χ3v) is 5.06. The molecule has 3 aromatic rings. The van der Waals surface area contributed by atoms with Crippen LogP contribution in [-0.4, -0.2) is 43.8 Å². The number of fused-ring (bicyclic) bond motifs is 1. The van der Waals surface area contributed by atoms with Crippen molar-refractivity contribution in [2.24, 2.45) is 5.73 Å². The van der Waals surface area contributed by atoms with Crippen LogP contribution in [0.4, 0.5) is 19.0 Å². The van der Waals surface area contributed by atoms with Crippen LogP contribution in [0.1, 0.15) is 27.9 Å². The molecule has 3 rings (SSSR count). The molecule has 0 atom stereocenters. The van der Waals surface area contributed by atoms with Gasteiger partial charge in [0.2, 0.25) is 10.9 Å². The van der Waals surface area contributed by atoms with Gasteiger partial charge < -0.3 is 11.1 Å². The van der Waals surface area contributed by atoms with Crippen LogP contribution in [0.15, 0.2) is 30.5 Å². The molecule has 0 fully saturated rings. The Morgan fingerprint density at radius 2 is 1.84 bits per heavy atom. The molecule has 170 valence electrons. The van der Waals surface area contributed by atoms with Gasteiger partial charge in [-0.25, -0.2) is 31.3 Å². The summed E-state index contributed by atoms with van der Waals surface area (Å²) < 4.78 is 66.6. The van der Waals surface area contributed by atoms with Gasteiger partial charge in [-0.05, 0) is 42.7 Å². The summed E-state index contributed by atoms with van der Waals surface area (Å²) in [4.78, 5) is 21.4. The maximum absolute atomic E-state index is 14.9. The lowest BCUT2D eigenvalue weighted by Gasteiger charge is -2.11. The number of anilines is 1. The van der Waals surface area contributed by atoms with E-state index in [1.54, 1.807) is 0 Å². The number of aryl methyl sites for hydroxylation is 1. The summed E-state index contributed by atoms with van der Waals surface area (Å²) in [7, 11) is -2.82. The first-order chi connectivity index (χ1) is 15.3. The molecule has 1 aromatic heterocycles. The van der Waals surface area contributed by atoms with Gasteiger partial charge in [0.1, 0.15) is 11.6 Å². The maximum atomic E-state index is 14.9. The molecule has 0 spiro atoms. The number of thiol groups is 1. The van der Waals surface area contributed by atoms with E-state index < -0.39 is 39.7 Å². The zero-order chi connectivity index (χ0) is 23.3. The summed E-state index contributed by atoms with van der Waals surface area (Å²) in [5.41, 5.74) is 4.83. The number of hydrogen-bond acceptors (Lipinski definition) is 7. The number of aromatic nitrogens is 2. The van der Waals surface area contributed by atoms with Gasteiger partial charge in [0.15, 0.2) is 17.4 Å². The van der Waals surface area contributed by atoms with E-state index in [2.05, 4.69) is 20.0 Å². The fraction of sp³-hybridized carbons (Fsp3) is 0.250. The van der Waals surface area contributed by atoms with Crippen LogP contribution >= 0.6 is 0 Å². The third kappa shape index (κ3) is 5.39. The second-order valence-electron chi connectivity index (χ2n) is 6.79. The van der Waals surface area contributed by atoms with Crippen molar-refractivity contribution in [3.8, 4) is 0 Å². The Bertz CT molecular complexity index is 1230. The van der Waals surface area contributed by atoms with Crippen molar-refractivity contribution in [1.29, 1.82) is 0 Å². The van der Waals surface area contributed by atoms with Crippen LogP contribution in [0.25, 0.3) is 11.0 Å². The molecule has 0 amide bonds. The van der Waals surface area contributed by atoms with Crippen LogP contribution in [0.5, 0.6) is 0 Å². The average Bonchev–Trinajstić information content (AvgIpc) is 2.77. The first-order valence-corrected chi connectivity index (χ1v) is 10.8. The largest absolute Gasteiger partial charge is 0.368 e. The van der Waals surface area contributed by atoms with Crippen LogP contribution in [0.2, 0.25) is 0 Å². The number of carbonyl (C=O) groups excluding carboxylic acids is 1. The minimum Gasteiger partial charge on any atom is -0.368 e. The van der Waals surface area contributed by atoms with Gasteiger partial charge in [-0.3, -0.25) is 9.78 Å². The van der Waals surface area contributed by atoms with Crippen molar-refractivity contribution in [3.63, 3.8) is 0 Å². The summed E-state index contributed by atoms with van der Waals surface area (Å²) in [6, 6.07) is 4.77. The van der Waals surface area contributed by atoms with E-state index in [1.807, 2.05) is 0 Å². The summed E-state index contributed by atoms with van der Waals surface area (Å²) in [6.07, 6.45) is 1.51. The van der Waals surface area contributed by atoms with Crippen LogP contribution in [0, 0.1) is 17.5 Å². The lowest BCUT2D eigenvalue weighted by atomic mass is 9.97. The Balaban J connectivity index is 1.94. The number of rotatable bonds is 10. The van der Waals surface area contributed by atoms with Crippen molar-refractivity contribution in [2.45, 2.75) is 12.8 Å². The quantitative estimate of drug-likeness (QED) is 0.155. The fourth-order valence-electron chi connectivity index (χ4n) is 3.07. The molecular weight excluding hydrogens is 447 g/mol. The third-order valence-electron chi connectivity index (χ3n) is 4.58. The highest BCUT2D eigenvalue weighted by molar-refractivity contribution is 7.70. The molecule has 0 radical (unpaired) electrons. The van der Waals surface area contributed by atoms with Crippen LogP contribution in [0.3, 0.4) is 0 Å². The smallest absolute Gasteiger partial charge is 0.201 e. The molecule has 0 saturated heterocycles. The zero-order valence-corrected chi connectivity index (χ0v) is 17.6. The van der Waals surface area contributed by atoms with E-state index in [0.717, 1.165) is 0 Å². The average molecular weight is 467 g/mol. The normalized spacial score (nSPS) is 11.3. The van der Waals surface area contributed by atoms with E-state index >= 15 is 0 Å². The fourth-order valence-corrected chi connectivity index (χ4v) is 3.41. The van der Waals surface area contributed by atoms with Gasteiger partial charge in [-0.15, -0.1) is 0 Å². The van der Waals surface area contributed by atoms with Crippen molar-refractivity contribution in [1.82, 2.24) is 14.7 Å². The number of benzene rings is 2. The van der Waals surface area contributed by atoms with Crippen molar-refractivity contribution in [2.75, 3.05) is 25.0 Å². The summed E-state index contributed by atoms with van der Waals surface area (Å²) in [5.74, 6) is -4.80. The lowest BCUT2D eigenvalue weighted by molar-refractivity contribution is 0.102. The van der Waals surface area contributed by atoms with Crippen molar-refractivity contribution >= 4 is 33.5 Å². The summed E-state index contributed by atoms with van der Waals surface area (Å²) in [5, 5.41) is 2.94. The van der Waals surface area contributed by atoms with E-state index in [9.17, 15) is 26.4 Å². The predicted octanol–water partition coefficient (Wildman–Crippen LogP) is 1.70. The molecule has 1 heterocycles. The Morgan fingerprint density at radius 3 is 2.56 bits per heavy atom. The minimum absolute atomic E-state index is 0.00963. The summed E-state index contributed by atoms with van der Waals surface area (Å²) >= 11 is 0. The van der Waals surface area contributed by atoms with Crippen LogP contribution < -0.4 is 15.8 Å². The highest BCUT2D eigenvalue weighted by Crippen LogP contribution is 2.25. The first kappa shape index (κ1) is 23.6. The molecule has 8 nitrogen and oxygen atoms in total. The van der Waals surface area contributed by atoms with Gasteiger partial charge >= 0.3 is 0 Å². The van der Waals surface area contributed by atoms with Gasteiger partial charge in [0, 0.05) is 25.2 Å². The number of carbonyl (C=O) groups is 1. The number of halogens is 3. The molecule has 4 N–H and O–H groups in total. The van der Waals surface area contributed by atoms with Crippen molar-refractivity contribution in [3.05, 3.63) is 64.6 Å². The molecule has 0 aliphatic heterocycles. The zero-order valence-electron chi connectivity index (χ0n) is 16.7. The van der Waals surface area contributed by atoms with Gasteiger partial charge in [0.25, 0.3) is 0 Å². The molecule has 12 heteroatoms. The molecule has 0 aliphatic carbocycles. The maximum Gasteiger partial charge on any atom is 0.201 e. The monoisotopic (exact) mass is 467 g/mol. The topological polar surface area (TPSA) is 127 Å². The highest BCUT2D eigenvalue weighted by Gasteiger charge is 2.25. The minimum atomic E-state index is -2.82. The number of ketones is 1. The molecule has 32 heavy (non-hydrogen) atoms. The van der Waals surface area contributed by atoms with E-state index in [-0.39, 0.29) is 30.5 Å². The number of nitrogens with zero attached hydrogens (tertiary/aromatic N) is 2. The van der Waals surface area contributed by atoms with Gasteiger partial charge in [0.05, 0.1) is 22.8 Å². The Labute approximate surface area is 183 Å². The molecule has 0 saturated carbocycles. The van der Waals surface area contributed by atoms with Gasteiger partial charge in [-0.2, -0.15) is 0 Å². The Morgan fingerprint density at radius 1 is 1.06 bits per heavy atom. The molecule has 0 aliphatic rings. The molecule has 2 aromatic carbocycles. The van der Waals surface area contributed by atoms with E-state index in [1.165, 1.54) is 24.4 Å². The standard InChI is InChI=1S/C20H20F3N5O3S/c21-13-8-11(2-1-6-27-32(30)31)18(22)17(19(13)23)20(29)12-3-4-14-15(9-12)28-16(10-26-14)25-7-5-24/h3-4,8-10,32H,1-2,5-7,24H2,(H,25,28)(H,27,30,31).